The molecule has 1 saturated heterocycles. The quantitative estimate of drug-likeness (QED) is 0.767. The molecule has 2 aromatic rings. The van der Waals surface area contributed by atoms with E-state index < -0.39 is 0 Å². The Morgan fingerprint density at radius 3 is 2.68 bits per heavy atom. The molecule has 1 aliphatic heterocycles. The number of carbonyl (C=O) groups is 2. The third-order valence-corrected chi connectivity index (χ3v) is 5.26. The van der Waals surface area contributed by atoms with Gasteiger partial charge in [-0.2, -0.15) is 0 Å². The van der Waals surface area contributed by atoms with Crippen molar-refractivity contribution in [2.75, 3.05) is 13.1 Å². The summed E-state index contributed by atoms with van der Waals surface area (Å²) in [7, 11) is 0. The van der Waals surface area contributed by atoms with Crippen LogP contribution in [0.3, 0.4) is 0 Å². The average molecular weight is 386 g/mol. The molecule has 0 bridgehead atoms. The molecule has 2 amide bonds. The fourth-order valence-electron chi connectivity index (χ4n) is 3.57. The molecule has 7 heteroatoms. The molecule has 6 nitrogen and oxygen atoms in total. The Labute approximate surface area is 165 Å². The Morgan fingerprint density at radius 1 is 1.29 bits per heavy atom. The number of rotatable bonds is 6. The Morgan fingerprint density at radius 2 is 2.04 bits per heavy atom. The molecule has 1 fully saturated rings. The van der Waals surface area contributed by atoms with Crippen molar-refractivity contribution in [3.63, 3.8) is 0 Å². The second-order valence-corrected chi connectivity index (χ2v) is 7.60. The zero-order chi connectivity index (χ0) is 20.1. The predicted molar refractivity (Wildman–Crippen MR) is 104 cm³/mol. The van der Waals surface area contributed by atoms with Crippen molar-refractivity contribution in [2.45, 2.75) is 45.8 Å². The van der Waals surface area contributed by atoms with Gasteiger partial charge in [0.2, 0.25) is 11.8 Å². The molecule has 0 N–H and O–H groups in total. The molecule has 1 aromatic heterocycles. The molecule has 150 valence electrons. The first-order chi connectivity index (χ1) is 13.4. The molecular formula is C21H27FN4O2. The zero-order valence-electron chi connectivity index (χ0n) is 16.4. The molecule has 0 spiro atoms. The summed E-state index contributed by atoms with van der Waals surface area (Å²) in [5.41, 5.74) is 0.889. The normalized spacial score (nSPS) is 17.9. The summed E-state index contributed by atoms with van der Waals surface area (Å²) >= 11 is 0. The van der Waals surface area contributed by atoms with Gasteiger partial charge in [-0.1, -0.05) is 26.0 Å². The standard InChI is InChI=1S/C21H27FN4O2/c1-16(2)19-14-25(20(27)7-10-24-12-9-23-15-24)11-8-21(28)26(19)13-17-3-5-18(22)6-4-17/h3-6,9,12,15-16,19H,7-8,10-11,13-14H2,1-2H3. The lowest BCUT2D eigenvalue weighted by molar-refractivity contribution is -0.134. The number of amides is 2. The molecule has 2 heterocycles. The van der Waals surface area contributed by atoms with E-state index in [1.165, 1.54) is 12.1 Å². The smallest absolute Gasteiger partial charge is 0.224 e. The predicted octanol–water partition coefficient (Wildman–Crippen LogP) is 2.70. The van der Waals surface area contributed by atoms with Crippen LogP contribution in [0.2, 0.25) is 0 Å². The number of imidazole rings is 1. The molecule has 0 saturated carbocycles. The number of aryl methyl sites for hydroxylation is 1. The van der Waals surface area contributed by atoms with Crippen LogP contribution in [0.5, 0.6) is 0 Å². The zero-order valence-corrected chi connectivity index (χ0v) is 16.4. The van der Waals surface area contributed by atoms with Crippen molar-refractivity contribution in [1.29, 1.82) is 0 Å². The van der Waals surface area contributed by atoms with Gasteiger partial charge in [-0.05, 0) is 23.6 Å². The molecule has 0 radical (unpaired) electrons. The van der Waals surface area contributed by atoms with Gasteiger partial charge in [0.05, 0.1) is 12.4 Å². The third-order valence-electron chi connectivity index (χ3n) is 5.26. The highest BCUT2D eigenvalue weighted by Gasteiger charge is 2.33. The summed E-state index contributed by atoms with van der Waals surface area (Å²) in [6, 6.07) is 6.16. The van der Waals surface area contributed by atoms with Crippen molar-refractivity contribution in [3.8, 4) is 0 Å². The van der Waals surface area contributed by atoms with Crippen LogP contribution in [-0.2, 0) is 22.7 Å². The molecular weight excluding hydrogens is 359 g/mol. The summed E-state index contributed by atoms with van der Waals surface area (Å²) in [5.74, 6) is -0.00354. The first-order valence-corrected chi connectivity index (χ1v) is 9.71. The number of nitrogens with zero attached hydrogens (tertiary/aromatic N) is 4. The minimum atomic E-state index is -0.291. The van der Waals surface area contributed by atoms with Crippen molar-refractivity contribution >= 4 is 11.8 Å². The molecule has 1 atom stereocenters. The first-order valence-electron chi connectivity index (χ1n) is 9.71. The highest BCUT2D eigenvalue weighted by Crippen LogP contribution is 2.21. The van der Waals surface area contributed by atoms with Crippen LogP contribution in [0.1, 0.15) is 32.3 Å². The van der Waals surface area contributed by atoms with Gasteiger partial charge in [-0.3, -0.25) is 9.59 Å². The van der Waals surface area contributed by atoms with Crippen molar-refractivity contribution in [1.82, 2.24) is 19.4 Å². The van der Waals surface area contributed by atoms with Gasteiger partial charge < -0.3 is 14.4 Å². The van der Waals surface area contributed by atoms with Gasteiger partial charge in [0.25, 0.3) is 0 Å². The molecule has 28 heavy (non-hydrogen) atoms. The average Bonchev–Trinajstić information content (AvgIpc) is 3.13. The van der Waals surface area contributed by atoms with E-state index >= 15 is 0 Å². The van der Waals surface area contributed by atoms with Gasteiger partial charge in [-0.15, -0.1) is 0 Å². The van der Waals surface area contributed by atoms with Crippen LogP contribution in [-0.4, -0.2) is 50.3 Å². The Balaban J connectivity index is 1.70. The summed E-state index contributed by atoms with van der Waals surface area (Å²) in [4.78, 5) is 33.2. The van der Waals surface area contributed by atoms with E-state index in [4.69, 9.17) is 0 Å². The Bertz CT molecular complexity index is 789. The Kier molecular flexibility index (Phi) is 6.44. The van der Waals surface area contributed by atoms with Crippen LogP contribution < -0.4 is 0 Å². The van der Waals surface area contributed by atoms with Crippen molar-refractivity contribution < 1.29 is 14.0 Å². The first kappa shape index (κ1) is 20.0. The molecule has 0 aliphatic carbocycles. The summed E-state index contributed by atoms with van der Waals surface area (Å²) in [5, 5.41) is 0. The number of aromatic nitrogens is 2. The van der Waals surface area contributed by atoms with E-state index in [-0.39, 0.29) is 29.6 Å². The van der Waals surface area contributed by atoms with Crippen LogP contribution in [0, 0.1) is 11.7 Å². The van der Waals surface area contributed by atoms with Crippen molar-refractivity contribution in [2.24, 2.45) is 5.92 Å². The van der Waals surface area contributed by atoms with Crippen LogP contribution in [0.25, 0.3) is 0 Å². The topological polar surface area (TPSA) is 58.4 Å². The number of benzene rings is 1. The molecule has 1 aliphatic rings. The highest BCUT2D eigenvalue weighted by atomic mass is 19.1. The summed E-state index contributed by atoms with van der Waals surface area (Å²) in [6.45, 7) is 6.09. The number of carbonyl (C=O) groups excluding carboxylic acids is 2. The largest absolute Gasteiger partial charge is 0.340 e. The van der Waals surface area contributed by atoms with E-state index in [9.17, 15) is 14.0 Å². The molecule has 1 aromatic carbocycles. The van der Waals surface area contributed by atoms with E-state index in [0.717, 1.165) is 5.56 Å². The second kappa shape index (κ2) is 8.99. The maximum Gasteiger partial charge on any atom is 0.224 e. The fraction of sp³-hybridized carbons (Fsp3) is 0.476. The maximum atomic E-state index is 13.2. The van der Waals surface area contributed by atoms with E-state index in [1.807, 2.05) is 20.6 Å². The summed E-state index contributed by atoms with van der Waals surface area (Å²) in [6.07, 6.45) is 5.91. The van der Waals surface area contributed by atoms with Gasteiger partial charge >= 0.3 is 0 Å². The van der Waals surface area contributed by atoms with Crippen LogP contribution in [0.4, 0.5) is 4.39 Å². The number of hydrogen-bond donors (Lipinski definition) is 0. The van der Waals surface area contributed by atoms with Gasteiger partial charge in [0, 0.05) is 51.4 Å². The van der Waals surface area contributed by atoms with Gasteiger partial charge in [0.1, 0.15) is 5.82 Å². The third kappa shape index (κ3) is 4.97. The lowest BCUT2D eigenvalue weighted by Gasteiger charge is -2.34. The van der Waals surface area contributed by atoms with Crippen molar-refractivity contribution in [3.05, 3.63) is 54.4 Å². The van der Waals surface area contributed by atoms with E-state index in [2.05, 4.69) is 18.8 Å². The van der Waals surface area contributed by atoms with E-state index in [0.29, 0.717) is 39.0 Å². The number of hydrogen-bond acceptors (Lipinski definition) is 3. The minimum Gasteiger partial charge on any atom is -0.340 e. The molecule has 1 unspecified atom stereocenters. The lowest BCUT2D eigenvalue weighted by atomic mass is 10.0. The second-order valence-electron chi connectivity index (χ2n) is 7.60. The van der Waals surface area contributed by atoms with Gasteiger partial charge in [-0.25, -0.2) is 9.37 Å². The van der Waals surface area contributed by atoms with E-state index in [1.54, 1.807) is 24.7 Å². The summed E-state index contributed by atoms with van der Waals surface area (Å²) < 4.78 is 15.1. The maximum absolute atomic E-state index is 13.2. The number of halogens is 1. The molecule has 3 rings (SSSR count). The van der Waals surface area contributed by atoms with Gasteiger partial charge in [0.15, 0.2) is 0 Å². The minimum absolute atomic E-state index is 0.0351. The Hall–Kier alpha value is -2.70. The van der Waals surface area contributed by atoms with Crippen LogP contribution in [0.15, 0.2) is 43.0 Å². The SMILES string of the molecule is CC(C)C1CN(C(=O)CCn2ccnc2)CCC(=O)N1Cc1ccc(F)cc1. The van der Waals surface area contributed by atoms with Crippen LogP contribution >= 0.6 is 0 Å². The lowest BCUT2D eigenvalue weighted by Crippen LogP contribution is -2.47. The monoisotopic (exact) mass is 386 g/mol. The fourth-order valence-corrected chi connectivity index (χ4v) is 3.57. The highest BCUT2D eigenvalue weighted by molar-refractivity contribution is 5.80.